The van der Waals surface area contributed by atoms with Crippen LogP contribution in [0.3, 0.4) is 0 Å². The summed E-state index contributed by atoms with van der Waals surface area (Å²) in [5.74, 6) is -1.01. The molecule has 3 atom stereocenters. The van der Waals surface area contributed by atoms with E-state index < -0.39 is 23.3 Å². The van der Waals surface area contributed by atoms with Gasteiger partial charge in [0.2, 0.25) is 5.91 Å². The van der Waals surface area contributed by atoms with E-state index in [2.05, 4.69) is 15.8 Å². The van der Waals surface area contributed by atoms with Gasteiger partial charge in [0.05, 0.1) is 5.56 Å². The number of nitrogens with zero attached hydrogens (tertiary/aromatic N) is 1. The second-order valence-corrected chi connectivity index (χ2v) is 7.74. The van der Waals surface area contributed by atoms with E-state index in [1.807, 2.05) is 37.3 Å². The van der Waals surface area contributed by atoms with E-state index in [1.165, 1.54) is 12.1 Å². The summed E-state index contributed by atoms with van der Waals surface area (Å²) in [7, 11) is 0. The van der Waals surface area contributed by atoms with Gasteiger partial charge in [-0.15, -0.1) is 0 Å². The summed E-state index contributed by atoms with van der Waals surface area (Å²) in [4.78, 5) is 19.3. The van der Waals surface area contributed by atoms with Gasteiger partial charge in [0.15, 0.2) is 5.60 Å². The number of hydrogen-bond donors (Lipinski definition) is 2. The van der Waals surface area contributed by atoms with Gasteiger partial charge in [0.25, 0.3) is 0 Å². The number of piperidine rings is 1. The molecule has 1 saturated heterocycles. The first kappa shape index (κ1) is 20.4. The van der Waals surface area contributed by atoms with Crippen LogP contribution in [-0.2, 0) is 15.8 Å². The molecule has 1 spiro atoms. The molecule has 0 bridgehead atoms. The zero-order chi connectivity index (χ0) is 21.4. The highest BCUT2D eigenvalue weighted by molar-refractivity contribution is 6.17. The molecular weight excluding hydrogens is 395 g/mol. The number of benzene rings is 2. The van der Waals surface area contributed by atoms with Gasteiger partial charge in [-0.1, -0.05) is 42.4 Å². The van der Waals surface area contributed by atoms with Crippen molar-refractivity contribution in [3.8, 4) is 0 Å². The first-order chi connectivity index (χ1) is 14.3. The van der Waals surface area contributed by atoms with Crippen molar-refractivity contribution >= 4 is 17.3 Å². The molecule has 0 radical (unpaired) electrons. The van der Waals surface area contributed by atoms with E-state index in [0.29, 0.717) is 30.9 Å². The van der Waals surface area contributed by atoms with Crippen LogP contribution >= 0.6 is 0 Å². The molecule has 2 aliphatic heterocycles. The third-order valence-electron chi connectivity index (χ3n) is 5.86. The Kier molecular flexibility index (Phi) is 5.27. The highest BCUT2D eigenvalue weighted by Crippen LogP contribution is 2.43. The highest BCUT2D eigenvalue weighted by Gasteiger charge is 2.57. The Labute approximate surface area is 172 Å². The number of carbonyl (C=O) groups excluding carboxylic acids is 1. The molecule has 8 heteroatoms. The average Bonchev–Trinajstić information content (AvgIpc) is 3.11. The standard InChI is InChI=1S/C22H22F3N3O2/c1-14-13-26-12-11-21(14)18(19(28-30-21)15-5-3-2-4-6-15)20(29)27-17-9-7-16(8-10-17)22(23,24)25/h2-10,14,18,26H,11-13H2,1H3,(H,27,29). The second kappa shape index (κ2) is 7.75. The van der Waals surface area contributed by atoms with Gasteiger partial charge < -0.3 is 15.5 Å². The summed E-state index contributed by atoms with van der Waals surface area (Å²) in [6, 6.07) is 13.8. The first-order valence-electron chi connectivity index (χ1n) is 9.81. The smallest absolute Gasteiger partial charge is 0.387 e. The molecular formula is C22H22F3N3O2. The molecule has 5 nitrogen and oxygen atoms in total. The minimum Gasteiger partial charge on any atom is -0.387 e. The van der Waals surface area contributed by atoms with Gasteiger partial charge in [0, 0.05) is 30.1 Å². The molecule has 0 aliphatic carbocycles. The Morgan fingerprint density at radius 3 is 2.50 bits per heavy atom. The average molecular weight is 417 g/mol. The quantitative estimate of drug-likeness (QED) is 0.792. The van der Waals surface area contributed by atoms with Crippen LogP contribution in [0.4, 0.5) is 18.9 Å². The maximum atomic E-state index is 13.4. The molecule has 4 rings (SSSR count). The van der Waals surface area contributed by atoms with Gasteiger partial charge >= 0.3 is 6.18 Å². The number of halogens is 3. The number of hydrogen-bond acceptors (Lipinski definition) is 4. The number of anilines is 1. The van der Waals surface area contributed by atoms with E-state index in [0.717, 1.165) is 17.7 Å². The van der Waals surface area contributed by atoms with Crippen LogP contribution in [0.2, 0.25) is 0 Å². The van der Waals surface area contributed by atoms with Crippen LogP contribution in [0.15, 0.2) is 59.8 Å². The van der Waals surface area contributed by atoms with Crippen LogP contribution in [0, 0.1) is 11.8 Å². The molecule has 158 valence electrons. The van der Waals surface area contributed by atoms with E-state index >= 15 is 0 Å². The molecule has 2 N–H and O–H groups in total. The van der Waals surface area contributed by atoms with E-state index in [1.54, 1.807) is 0 Å². The SMILES string of the molecule is CC1CNCCC12ON=C(c1ccccc1)C2C(=O)Nc1ccc(C(F)(F)F)cc1. The summed E-state index contributed by atoms with van der Waals surface area (Å²) < 4.78 is 38.5. The second-order valence-electron chi connectivity index (χ2n) is 7.74. The Hall–Kier alpha value is -2.87. The van der Waals surface area contributed by atoms with Gasteiger partial charge in [-0.05, 0) is 30.8 Å². The number of rotatable bonds is 3. The van der Waals surface area contributed by atoms with Crippen molar-refractivity contribution in [2.24, 2.45) is 17.0 Å². The first-order valence-corrected chi connectivity index (χ1v) is 9.81. The summed E-state index contributed by atoms with van der Waals surface area (Å²) in [5, 5.41) is 10.4. The molecule has 0 saturated carbocycles. The fourth-order valence-corrected chi connectivity index (χ4v) is 4.19. The van der Waals surface area contributed by atoms with E-state index in [4.69, 9.17) is 4.84 Å². The molecule has 0 aromatic heterocycles. The lowest BCUT2D eigenvalue weighted by molar-refractivity contribution is -0.137. The van der Waals surface area contributed by atoms with Crippen molar-refractivity contribution < 1.29 is 22.8 Å². The summed E-state index contributed by atoms with van der Waals surface area (Å²) >= 11 is 0. The van der Waals surface area contributed by atoms with Gasteiger partial charge in [-0.2, -0.15) is 13.2 Å². The topological polar surface area (TPSA) is 62.7 Å². The zero-order valence-electron chi connectivity index (χ0n) is 16.4. The lowest BCUT2D eigenvalue weighted by Crippen LogP contribution is -2.57. The van der Waals surface area contributed by atoms with Gasteiger partial charge in [0.1, 0.15) is 11.6 Å². The third-order valence-corrected chi connectivity index (χ3v) is 5.86. The highest BCUT2D eigenvalue weighted by atomic mass is 19.4. The molecule has 30 heavy (non-hydrogen) atoms. The zero-order valence-corrected chi connectivity index (χ0v) is 16.4. The predicted octanol–water partition coefficient (Wildman–Crippen LogP) is 4.06. The summed E-state index contributed by atoms with van der Waals surface area (Å²) in [6.07, 6.45) is -3.83. The lowest BCUT2D eigenvalue weighted by atomic mass is 9.70. The van der Waals surface area contributed by atoms with Gasteiger partial charge in [-0.25, -0.2) is 0 Å². The molecule has 3 unspecified atom stereocenters. The minimum absolute atomic E-state index is 0.0135. The lowest BCUT2D eigenvalue weighted by Gasteiger charge is -2.41. The summed E-state index contributed by atoms with van der Waals surface area (Å²) in [6.45, 7) is 3.38. The van der Waals surface area contributed by atoms with Crippen molar-refractivity contribution in [3.63, 3.8) is 0 Å². The monoisotopic (exact) mass is 417 g/mol. The van der Waals surface area contributed by atoms with Crippen LogP contribution in [0.1, 0.15) is 24.5 Å². The Morgan fingerprint density at radius 2 is 1.87 bits per heavy atom. The van der Waals surface area contributed by atoms with Crippen LogP contribution < -0.4 is 10.6 Å². The number of alkyl halides is 3. The fraction of sp³-hybridized carbons (Fsp3) is 0.364. The molecule has 2 aromatic carbocycles. The summed E-state index contributed by atoms with van der Waals surface area (Å²) in [5.41, 5.74) is 0.0528. The minimum atomic E-state index is -4.43. The largest absolute Gasteiger partial charge is 0.416 e. The van der Waals surface area contributed by atoms with Crippen LogP contribution in [-0.4, -0.2) is 30.3 Å². The third kappa shape index (κ3) is 3.67. The van der Waals surface area contributed by atoms with Crippen molar-refractivity contribution in [1.29, 1.82) is 0 Å². The maximum Gasteiger partial charge on any atom is 0.416 e. The van der Waals surface area contributed by atoms with E-state index in [-0.39, 0.29) is 11.8 Å². The Morgan fingerprint density at radius 1 is 1.17 bits per heavy atom. The van der Waals surface area contributed by atoms with E-state index in [9.17, 15) is 18.0 Å². The number of oxime groups is 1. The normalized spacial score (nSPS) is 26.2. The van der Waals surface area contributed by atoms with Crippen molar-refractivity contribution in [3.05, 3.63) is 65.7 Å². The maximum absolute atomic E-state index is 13.4. The van der Waals surface area contributed by atoms with Crippen molar-refractivity contribution in [1.82, 2.24) is 5.32 Å². The molecule has 2 heterocycles. The van der Waals surface area contributed by atoms with Crippen molar-refractivity contribution in [2.45, 2.75) is 25.1 Å². The molecule has 1 amide bonds. The Bertz CT molecular complexity index is 944. The Balaban J connectivity index is 1.64. The fourth-order valence-electron chi connectivity index (χ4n) is 4.19. The number of carbonyl (C=O) groups is 1. The number of amides is 1. The van der Waals surface area contributed by atoms with Crippen LogP contribution in [0.25, 0.3) is 0 Å². The molecule has 1 fully saturated rings. The van der Waals surface area contributed by atoms with Crippen molar-refractivity contribution in [2.75, 3.05) is 18.4 Å². The predicted molar refractivity (Wildman–Crippen MR) is 107 cm³/mol. The molecule has 2 aliphatic rings. The number of nitrogens with one attached hydrogen (secondary N) is 2. The van der Waals surface area contributed by atoms with Crippen LogP contribution in [0.5, 0.6) is 0 Å². The van der Waals surface area contributed by atoms with Gasteiger partial charge in [-0.3, -0.25) is 4.79 Å². The molecule has 2 aromatic rings.